The number of carbonyl (C=O) groups is 2. The number of nitrogens with zero attached hydrogens (tertiary/aromatic N) is 4. The number of aryl methyl sites for hydroxylation is 1. The zero-order chi connectivity index (χ0) is 19.4. The van der Waals surface area contributed by atoms with E-state index < -0.39 is 0 Å². The van der Waals surface area contributed by atoms with E-state index in [1.54, 1.807) is 7.05 Å². The molecule has 7 heteroatoms. The minimum absolute atomic E-state index is 0.0462. The quantitative estimate of drug-likeness (QED) is 0.781. The molecule has 3 rings (SSSR count). The van der Waals surface area contributed by atoms with Gasteiger partial charge in [0.05, 0.1) is 17.4 Å². The molecule has 1 aliphatic rings. The fraction of sp³-hybridized carbons (Fsp3) is 0.350. The minimum Gasteiger partial charge on any atom is -0.375 e. The van der Waals surface area contributed by atoms with Gasteiger partial charge >= 0.3 is 0 Å². The van der Waals surface area contributed by atoms with Crippen molar-refractivity contribution in [3.63, 3.8) is 0 Å². The summed E-state index contributed by atoms with van der Waals surface area (Å²) in [7, 11) is 5.00. The third-order valence-electron chi connectivity index (χ3n) is 4.66. The van der Waals surface area contributed by atoms with Gasteiger partial charge in [-0.3, -0.25) is 9.59 Å². The second-order valence-corrected chi connectivity index (χ2v) is 6.60. The Kier molecular flexibility index (Phi) is 5.71. The molecule has 1 unspecified atom stereocenters. The van der Waals surface area contributed by atoms with Crippen LogP contribution in [0.4, 0.5) is 0 Å². The second kappa shape index (κ2) is 8.18. The lowest BCUT2D eigenvalue weighted by Crippen LogP contribution is -2.40. The van der Waals surface area contributed by atoms with E-state index in [1.165, 1.54) is 17.0 Å². The maximum Gasteiger partial charge on any atom is 0.262 e. The summed E-state index contributed by atoms with van der Waals surface area (Å²) in [6.07, 6.45) is 2.58. The van der Waals surface area contributed by atoms with E-state index in [1.807, 2.05) is 60.3 Å². The number of amides is 2. The van der Waals surface area contributed by atoms with E-state index in [4.69, 9.17) is 4.74 Å². The molecule has 0 N–H and O–H groups in total. The summed E-state index contributed by atoms with van der Waals surface area (Å²) in [5.74, 6) is -0.465. The number of aromatic nitrogens is 1. The lowest BCUT2D eigenvalue weighted by molar-refractivity contribution is -0.142. The summed E-state index contributed by atoms with van der Waals surface area (Å²) in [5.41, 5.74) is 2.86. The molecule has 7 nitrogen and oxygen atoms in total. The molecular formula is C20H24N4O3. The van der Waals surface area contributed by atoms with Gasteiger partial charge in [-0.15, -0.1) is 0 Å². The maximum absolute atomic E-state index is 12.9. The van der Waals surface area contributed by atoms with E-state index >= 15 is 0 Å². The van der Waals surface area contributed by atoms with Gasteiger partial charge in [-0.25, -0.2) is 5.01 Å². The van der Waals surface area contributed by atoms with Crippen molar-refractivity contribution in [2.24, 2.45) is 12.1 Å². The standard InChI is InChI=1S/C20H24N4O3/c1-22-11-7-10-17(22)16-12-18(15-8-5-4-6-9-15)24(21-16)19(25)13-23(2)20(26)14-27-3/h4-11,18H,12-14H2,1-3H3. The van der Waals surface area contributed by atoms with Gasteiger partial charge < -0.3 is 14.2 Å². The molecule has 1 atom stereocenters. The molecule has 0 fully saturated rings. The van der Waals surface area contributed by atoms with Crippen LogP contribution in [-0.2, 0) is 21.4 Å². The normalized spacial score (nSPS) is 16.3. The molecule has 142 valence electrons. The van der Waals surface area contributed by atoms with Gasteiger partial charge in [-0.1, -0.05) is 30.3 Å². The summed E-state index contributed by atoms with van der Waals surface area (Å²) in [6, 6.07) is 13.6. The van der Waals surface area contributed by atoms with Crippen molar-refractivity contribution in [1.82, 2.24) is 14.5 Å². The third-order valence-corrected chi connectivity index (χ3v) is 4.66. The molecule has 2 amide bonds. The Morgan fingerprint density at radius 1 is 1.22 bits per heavy atom. The highest BCUT2D eigenvalue weighted by molar-refractivity contribution is 6.02. The highest BCUT2D eigenvalue weighted by Crippen LogP contribution is 2.32. The minimum atomic E-state index is -0.243. The number of carbonyl (C=O) groups excluding carboxylic acids is 2. The van der Waals surface area contributed by atoms with Crippen molar-refractivity contribution in [2.75, 3.05) is 27.3 Å². The Morgan fingerprint density at radius 3 is 2.59 bits per heavy atom. The van der Waals surface area contributed by atoms with Crippen molar-refractivity contribution in [3.8, 4) is 0 Å². The van der Waals surface area contributed by atoms with Gasteiger partial charge in [-0.05, 0) is 17.7 Å². The summed E-state index contributed by atoms with van der Waals surface area (Å²) in [4.78, 5) is 26.2. The number of hydrogen-bond donors (Lipinski definition) is 0. The molecule has 0 saturated carbocycles. The topological polar surface area (TPSA) is 67.1 Å². The number of ether oxygens (including phenoxy) is 1. The van der Waals surface area contributed by atoms with Gasteiger partial charge in [0, 0.05) is 33.8 Å². The Balaban J connectivity index is 1.85. The first kappa shape index (κ1) is 18.8. The Morgan fingerprint density at radius 2 is 1.96 bits per heavy atom. The monoisotopic (exact) mass is 368 g/mol. The maximum atomic E-state index is 12.9. The molecular weight excluding hydrogens is 344 g/mol. The SMILES string of the molecule is COCC(=O)N(C)CC(=O)N1N=C(c2cccn2C)CC1c1ccccc1. The summed E-state index contributed by atoms with van der Waals surface area (Å²) in [5, 5.41) is 6.13. The van der Waals surface area contributed by atoms with Gasteiger partial charge in [0.1, 0.15) is 13.2 Å². The molecule has 2 aromatic rings. The Hall–Kier alpha value is -2.93. The molecule has 1 aliphatic heterocycles. The first-order chi connectivity index (χ1) is 13.0. The number of rotatable bonds is 6. The van der Waals surface area contributed by atoms with Crippen LogP contribution in [0.15, 0.2) is 53.8 Å². The molecule has 2 heterocycles. The summed E-state index contributed by atoms with van der Waals surface area (Å²) >= 11 is 0. The van der Waals surface area contributed by atoms with Gasteiger partial charge in [-0.2, -0.15) is 5.10 Å². The van der Waals surface area contributed by atoms with Crippen LogP contribution in [0.2, 0.25) is 0 Å². The van der Waals surface area contributed by atoms with Crippen molar-refractivity contribution in [1.29, 1.82) is 0 Å². The van der Waals surface area contributed by atoms with E-state index in [-0.39, 0.29) is 31.0 Å². The average Bonchev–Trinajstić information content (AvgIpc) is 3.28. The van der Waals surface area contributed by atoms with Gasteiger partial charge in [0.25, 0.3) is 5.91 Å². The number of hydrogen-bond acceptors (Lipinski definition) is 4. The highest BCUT2D eigenvalue weighted by atomic mass is 16.5. The van der Waals surface area contributed by atoms with Crippen LogP contribution in [0.1, 0.15) is 23.7 Å². The first-order valence-corrected chi connectivity index (χ1v) is 8.80. The van der Waals surface area contributed by atoms with Gasteiger partial charge in [0.2, 0.25) is 5.91 Å². The molecule has 27 heavy (non-hydrogen) atoms. The number of benzene rings is 1. The van der Waals surface area contributed by atoms with Crippen molar-refractivity contribution in [3.05, 3.63) is 59.9 Å². The first-order valence-electron chi connectivity index (χ1n) is 8.80. The predicted molar refractivity (Wildman–Crippen MR) is 102 cm³/mol. The molecule has 1 aromatic carbocycles. The predicted octanol–water partition coefficient (Wildman–Crippen LogP) is 1.81. The van der Waals surface area contributed by atoms with Crippen LogP contribution in [0.3, 0.4) is 0 Å². The summed E-state index contributed by atoms with van der Waals surface area (Å²) < 4.78 is 6.84. The molecule has 0 radical (unpaired) electrons. The third kappa shape index (κ3) is 4.09. The summed E-state index contributed by atoms with van der Waals surface area (Å²) in [6.45, 7) is -0.0980. The molecule has 0 saturated heterocycles. The van der Waals surface area contributed by atoms with Crippen molar-refractivity contribution < 1.29 is 14.3 Å². The van der Waals surface area contributed by atoms with E-state index in [0.717, 1.165) is 17.0 Å². The number of hydrazone groups is 1. The lowest BCUT2D eigenvalue weighted by atomic mass is 10.0. The van der Waals surface area contributed by atoms with Crippen LogP contribution < -0.4 is 0 Å². The molecule has 0 bridgehead atoms. The largest absolute Gasteiger partial charge is 0.375 e. The van der Waals surface area contributed by atoms with Gasteiger partial charge in [0.15, 0.2) is 0 Å². The van der Waals surface area contributed by atoms with E-state index in [0.29, 0.717) is 6.42 Å². The van der Waals surface area contributed by atoms with Crippen molar-refractivity contribution >= 4 is 17.5 Å². The van der Waals surface area contributed by atoms with Crippen LogP contribution in [0.25, 0.3) is 0 Å². The Labute approximate surface area is 158 Å². The fourth-order valence-corrected chi connectivity index (χ4v) is 3.19. The Bertz CT molecular complexity index is 844. The van der Waals surface area contributed by atoms with Crippen LogP contribution in [-0.4, -0.2) is 59.3 Å². The number of likely N-dealkylation sites (N-methyl/N-ethyl adjacent to an activating group) is 1. The van der Waals surface area contributed by atoms with E-state index in [9.17, 15) is 9.59 Å². The average molecular weight is 368 g/mol. The van der Waals surface area contributed by atoms with Crippen LogP contribution in [0.5, 0.6) is 0 Å². The lowest BCUT2D eigenvalue weighted by Gasteiger charge is -2.24. The highest BCUT2D eigenvalue weighted by Gasteiger charge is 2.34. The zero-order valence-corrected chi connectivity index (χ0v) is 15.8. The molecule has 0 aliphatic carbocycles. The smallest absolute Gasteiger partial charge is 0.262 e. The van der Waals surface area contributed by atoms with E-state index in [2.05, 4.69) is 5.10 Å². The second-order valence-electron chi connectivity index (χ2n) is 6.60. The fourth-order valence-electron chi connectivity index (χ4n) is 3.19. The van der Waals surface area contributed by atoms with Crippen molar-refractivity contribution in [2.45, 2.75) is 12.5 Å². The molecule has 0 spiro atoms. The van der Waals surface area contributed by atoms with Crippen LogP contribution >= 0.6 is 0 Å². The number of methoxy groups -OCH3 is 1. The zero-order valence-electron chi connectivity index (χ0n) is 15.8. The van der Waals surface area contributed by atoms with Crippen LogP contribution in [0, 0.1) is 0 Å². The molecule has 1 aromatic heterocycles.